The average molecular weight is 360 g/mol. The standard InChI is InChI=1S/C20H25FN2O3/c1-3-15-6-4-5-7-19(15)22-20(25)13-23(2)12-17(24)14-26-18-10-8-16(21)9-11-18/h4-11,17,24H,3,12-14H2,1-2H3,(H,22,25)/t17-/m1/s1. The minimum atomic E-state index is -0.763. The third-order valence-corrected chi connectivity index (χ3v) is 3.86. The molecule has 0 aliphatic heterocycles. The number of nitrogens with one attached hydrogen (secondary N) is 1. The number of rotatable bonds is 9. The van der Waals surface area contributed by atoms with Gasteiger partial charge in [-0.25, -0.2) is 4.39 Å². The van der Waals surface area contributed by atoms with Crippen LogP contribution in [0.4, 0.5) is 10.1 Å². The number of likely N-dealkylation sites (N-methyl/N-ethyl adjacent to an activating group) is 1. The molecule has 0 saturated carbocycles. The van der Waals surface area contributed by atoms with Crippen LogP contribution in [0.2, 0.25) is 0 Å². The van der Waals surface area contributed by atoms with Crippen LogP contribution in [-0.2, 0) is 11.2 Å². The Bertz CT molecular complexity index is 706. The normalized spacial score (nSPS) is 12.0. The number of hydrogen-bond donors (Lipinski definition) is 2. The van der Waals surface area contributed by atoms with Crippen LogP contribution < -0.4 is 10.1 Å². The maximum atomic E-state index is 12.8. The molecule has 0 spiro atoms. The van der Waals surface area contributed by atoms with Crippen molar-refractivity contribution in [1.29, 1.82) is 0 Å². The van der Waals surface area contributed by atoms with E-state index in [0.717, 1.165) is 17.7 Å². The van der Waals surface area contributed by atoms with Crippen LogP contribution in [0, 0.1) is 5.82 Å². The highest BCUT2D eigenvalue weighted by Gasteiger charge is 2.13. The Balaban J connectivity index is 1.75. The molecule has 0 heterocycles. The zero-order valence-electron chi connectivity index (χ0n) is 15.1. The smallest absolute Gasteiger partial charge is 0.238 e. The Labute approximate surface area is 153 Å². The monoisotopic (exact) mass is 360 g/mol. The summed E-state index contributed by atoms with van der Waals surface area (Å²) in [6.07, 6.45) is 0.0759. The number of para-hydroxylation sites is 1. The number of nitrogens with zero attached hydrogens (tertiary/aromatic N) is 1. The Kier molecular flexibility index (Phi) is 7.56. The van der Waals surface area contributed by atoms with E-state index >= 15 is 0 Å². The number of aryl methyl sites for hydroxylation is 1. The van der Waals surface area contributed by atoms with E-state index in [4.69, 9.17) is 4.74 Å². The molecule has 0 radical (unpaired) electrons. The van der Waals surface area contributed by atoms with E-state index in [1.807, 2.05) is 31.2 Å². The Morgan fingerprint density at radius 2 is 1.92 bits per heavy atom. The number of aliphatic hydroxyl groups is 1. The number of amides is 1. The molecule has 0 unspecified atom stereocenters. The highest BCUT2D eigenvalue weighted by Crippen LogP contribution is 2.15. The molecule has 5 nitrogen and oxygen atoms in total. The summed E-state index contributed by atoms with van der Waals surface area (Å²) in [5, 5.41) is 12.9. The van der Waals surface area contributed by atoms with Crippen LogP contribution in [0.5, 0.6) is 5.75 Å². The van der Waals surface area contributed by atoms with Crippen molar-refractivity contribution in [3.8, 4) is 5.75 Å². The molecule has 2 rings (SSSR count). The minimum Gasteiger partial charge on any atom is -0.491 e. The number of aliphatic hydroxyl groups excluding tert-OH is 1. The number of hydrogen-bond acceptors (Lipinski definition) is 4. The summed E-state index contributed by atoms with van der Waals surface area (Å²) < 4.78 is 18.2. The van der Waals surface area contributed by atoms with E-state index in [1.165, 1.54) is 24.3 Å². The molecule has 2 aromatic carbocycles. The number of anilines is 1. The van der Waals surface area contributed by atoms with E-state index < -0.39 is 6.10 Å². The van der Waals surface area contributed by atoms with Crippen molar-refractivity contribution in [2.45, 2.75) is 19.4 Å². The summed E-state index contributed by atoms with van der Waals surface area (Å²) in [7, 11) is 1.76. The van der Waals surface area contributed by atoms with Crippen LogP contribution in [0.1, 0.15) is 12.5 Å². The molecule has 0 bridgehead atoms. The van der Waals surface area contributed by atoms with Crippen molar-refractivity contribution in [2.24, 2.45) is 0 Å². The van der Waals surface area contributed by atoms with E-state index in [0.29, 0.717) is 5.75 Å². The molecule has 1 atom stereocenters. The van der Waals surface area contributed by atoms with Crippen LogP contribution in [0.15, 0.2) is 48.5 Å². The molecular formula is C20H25FN2O3. The molecule has 140 valence electrons. The van der Waals surface area contributed by atoms with Gasteiger partial charge in [0.2, 0.25) is 5.91 Å². The van der Waals surface area contributed by atoms with Crippen LogP contribution in [-0.4, -0.2) is 48.8 Å². The van der Waals surface area contributed by atoms with E-state index in [-0.39, 0.29) is 31.4 Å². The van der Waals surface area contributed by atoms with Gasteiger partial charge in [0, 0.05) is 12.2 Å². The second-order valence-corrected chi connectivity index (χ2v) is 6.17. The lowest BCUT2D eigenvalue weighted by atomic mass is 10.1. The van der Waals surface area contributed by atoms with Gasteiger partial charge in [-0.1, -0.05) is 25.1 Å². The fourth-order valence-corrected chi connectivity index (χ4v) is 2.59. The fourth-order valence-electron chi connectivity index (χ4n) is 2.59. The zero-order valence-corrected chi connectivity index (χ0v) is 15.1. The summed E-state index contributed by atoms with van der Waals surface area (Å²) in [5.74, 6) is 0.00959. The fraction of sp³-hybridized carbons (Fsp3) is 0.350. The summed E-state index contributed by atoms with van der Waals surface area (Å²) >= 11 is 0. The van der Waals surface area contributed by atoms with E-state index in [2.05, 4.69) is 5.32 Å². The molecule has 0 fully saturated rings. The summed E-state index contributed by atoms with van der Waals surface area (Å²) in [6, 6.07) is 13.3. The van der Waals surface area contributed by atoms with Gasteiger partial charge in [-0.2, -0.15) is 0 Å². The van der Waals surface area contributed by atoms with Crippen molar-refractivity contribution in [3.63, 3.8) is 0 Å². The largest absolute Gasteiger partial charge is 0.491 e. The molecule has 26 heavy (non-hydrogen) atoms. The maximum Gasteiger partial charge on any atom is 0.238 e. The van der Waals surface area contributed by atoms with Crippen molar-refractivity contribution in [3.05, 3.63) is 59.9 Å². The lowest BCUT2D eigenvalue weighted by Crippen LogP contribution is -2.37. The average Bonchev–Trinajstić information content (AvgIpc) is 2.61. The number of carbonyl (C=O) groups excluding carboxylic acids is 1. The molecule has 2 N–H and O–H groups in total. The first-order valence-electron chi connectivity index (χ1n) is 8.60. The van der Waals surface area contributed by atoms with Gasteiger partial charge in [0.1, 0.15) is 24.3 Å². The van der Waals surface area contributed by atoms with Crippen LogP contribution >= 0.6 is 0 Å². The predicted molar refractivity (Wildman–Crippen MR) is 99.8 cm³/mol. The second-order valence-electron chi connectivity index (χ2n) is 6.17. The molecule has 1 amide bonds. The number of benzene rings is 2. The van der Waals surface area contributed by atoms with Crippen LogP contribution in [0.25, 0.3) is 0 Å². The van der Waals surface area contributed by atoms with Crippen molar-refractivity contribution in [2.75, 3.05) is 32.1 Å². The van der Waals surface area contributed by atoms with Crippen molar-refractivity contribution < 1.29 is 19.0 Å². The Morgan fingerprint density at radius 3 is 2.62 bits per heavy atom. The minimum absolute atomic E-state index is 0.0657. The van der Waals surface area contributed by atoms with Gasteiger partial charge in [-0.15, -0.1) is 0 Å². The van der Waals surface area contributed by atoms with Gasteiger partial charge in [-0.05, 0) is 49.4 Å². The Morgan fingerprint density at radius 1 is 1.23 bits per heavy atom. The van der Waals surface area contributed by atoms with Crippen molar-refractivity contribution >= 4 is 11.6 Å². The molecule has 0 aliphatic carbocycles. The number of ether oxygens (including phenoxy) is 1. The van der Waals surface area contributed by atoms with E-state index in [9.17, 15) is 14.3 Å². The van der Waals surface area contributed by atoms with Gasteiger partial charge in [0.15, 0.2) is 0 Å². The molecule has 2 aromatic rings. The lowest BCUT2D eigenvalue weighted by molar-refractivity contribution is -0.117. The van der Waals surface area contributed by atoms with Crippen LogP contribution in [0.3, 0.4) is 0 Å². The third kappa shape index (κ3) is 6.46. The number of carbonyl (C=O) groups is 1. The molecule has 0 aromatic heterocycles. The van der Waals surface area contributed by atoms with Crippen molar-refractivity contribution in [1.82, 2.24) is 4.90 Å². The van der Waals surface area contributed by atoms with E-state index in [1.54, 1.807) is 11.9 Å². The first-order chi connectivity index (χ1) is 12.5. The zero-order chi connectivity index (χ0) is 18.9. The first-order valence-corrected chi connectivity index (χ1v) is 8.60. The molecular weight excluding hydrogens is 335 g/mol. The topological polar surface area (TPSA) is 61.8 Å². The predicted octanol–water partition coefficient (Wildman–Crippen LogP) is 2.70. The van der Waals surface area contributed by atoms with Gasteiger partial charge in [-0.3, -0.25) is 9.69 Å². The van der Waals surface area contributed by atoms with Gasteiger partial charge < -0.3 is 15.2 Å². The number of halogens is 1. The van der Waals surface area contributed by atoms with Gasteiger partial charge in [0.25, 0.3) is 0 Å². The third-order valence-electron chi connectivity index (χ3n) is 3.86. The molecule has 0 saturated heterocycles. The lowest BCUT2D eigenvalue weighted by Gasteiger charge is -2.20. The first kappa shape index (κ1) is 19.9. The summed E-state index contributed by atoms with van der Waals surface area (Å²) in [4.78, 5) is 13.9. The Hall–Kier alpha value is -2.44. The highest BCUT2D eigenvalue weighted by atomic mass is 19.1. The maximum absolute atomic E-state index is 12.8. The second kappa shape index (κ2) is 9.89. The summed E-state index contributed by atoms with van der Waals surface area (Å²) in [5.41, 5.74) is 1.89. The highest BCUT2D eigenvalue weighted by molar-refractivity contribution is 5.92. The SMILES string of the molecule is CCc1ccccc1NC(=O)CN(C)C[C@@H](O)COc1ccc(F)cc1. The van der Waals surface area contributed by atoms with Gasteiger partial charge >= 0.3 is 0 Å². The van der Waals surface area contributed by atoms with Gasteiger partial charge in [0.05, 0.1) is 6.54 Å². The quantitative estimate of drug-likeness (QED) is 0.722. The molecule has 0 aliphatic rings. The summed E-state index contributed by atoms with van der Waals surface area (Å²) in [6.45, 7) is 2.54. The molecule has 6 heteroatoms.